The fourth-order valence-corrected chi connectivity index (χ4v) is 2.31. The summed E-state index contributed by atoms with van der Waals surface area (Å²) in [5.41, 5.74) is 2.26. The monoisotopic (exact) mass is 246 g/mol. The Kier molecular flexibility index (Phi) is 2.53. The number of nitrogens with zero attached hydrogens (tertiary/aromatic N) is 2. The minimum absolute atomic E-state index is 0.241. The molecule has 0 spiro atoms. The first kappa shape index (κ1) is 10.3. The summed E-state index contributed by atoms with van der Waals surface area (Å²) >= 11 is 1.48. The van der Waals surface area contributed by atoms with Gasteiger partial charge in [0.25, 0.3) is 0 Å². The molecule has 1 aliphatic heterocycles. The standard InChI is InChI=1S/C12H10N2O2S/c15-12(16-8-11-13-4-5-17-11)14-6-9-2-1-3-10(9)7-14/h1-6H,7-8H2. The van der Waals surface area contributed by atoms with E-state index >= 15 is 0 Å². The molecule has 2 aliphatic rings. The Morgan fingerprint density at radius 3 is 3.29 bits per heavy atom. The second kappa shape index (κ2) is 4.18. The van der Waals surface area contributed by atoms with Gasteiger partial charge in [-0.3, -0.25) is 4.90 Å². The van der Waals surface area contributed by atoms with Gasteiger partial charge in [-0.15, -0.1) is 11.3 Å². The lowest BCUT2D eigenvalue weighted by atomic mass is 10.2. The summed E-state index contributed by atoms with van der Waals surface area (Å²) in [7, 11) is 0. The molecule has 86 valence electrons. The number of ether oxygens (including phenoxy) is 1. The minimum Gasteiger partial charge on any atom is -0.442 e. The summed E-state index contributed by atoms with van der Waals surface area (Å²) in [4.78, 5) is 17.4. The van der Waals surface area contributed by atoms with Crippen molar-refractivity contribution in [1.29, 1.82) is 0 Å². The average molecular weight is 246 g/mol. The van der Waals surface area contributed by atoms with E-state index in [9.17, 15) is 4.79 Å². The van der Waals surface area contributed by atoms with Crippen LogP contribution in [0.5, 0.6) is 0 Å². The third kappa shape index (κ3) is 2.01. The van der Waals surface area contributed by atoms with Crippen LogP contribution in [0.2, 0.25) is 0 Å². The van der Waals surface area contributed by atoms with E-state index in [4.69, 9.17) is 4.74 Å². The van der Waals surface area contributed by atoms with Gasteiger partial charge in [0.15, 0.2) is 0 Å². The zero-order valence-corrected chi connectivity index (χ0v) is 9.81. The van der Waals surface area contributed by atoms with Gasteiger partial charge in [0, 0.05) is 17.8 Å². The Bertz CT molecular complexity index is 529. The van der Waals surface area contributed by atoms with E-state index in [1.807, 2.05) is 29.8 Å². The number of amides is 1. The van der Waals surface area contributed by atoms with Crippen LogP contribution in [0, 0.1) is 0 Å². The summed E-state index contributed by atoms with van der Waals surface area (Å²) in [6, 6.07) is 0. The number of fused-ring (bicyclic) bond motifs is 1. The van der Waals surface area contributed by atoms with Gasteiger partial charge in [0.1, 0.15) is 11.6 Å². The van der Waals surface area contributed by atoms with Crippen molar-refractivity contribution >= 4 is 17.4 Å². The zero-order chi connectivity index (χ0) is 11.7. The van der Waals surface area contributed by atoms with Crippen LogP contribution in [0.15, 0.2) is 47.2 Å². The predicted molar refractivity (Wildman–Crippen MR) is 64.3 cm³/mol. The topological polar surface area (TPSA) is 42.4 Å². The highest BCUT2D eigenvalue weighted by Crippen LogP contribution is 2.26. The molecule has 1 aliphatic carbocycles. The van der Waals surface area contributed by atoms with E-state index in [2.05, 4.69) is 4.98 Å². The van der Waals surface area contributed by atoms with Gasteiger partial charge in [0.05, 0.1) is 6.54 Å². The number of carbonyl (C=O) groups is 1. The molecular weight excluding hydrogens is 236 g/mol. The number of hydrogen-bond donors (Lipinski definition) is 0. The van der Waals surface area contributed by atoms with E-state index in [1.54, 1.807) is 11.1 Å². The van der Waals surface area contributed by atoms with Crippen LogP contribution in [0.4, 0.5) is 4.79 Å². The molecule has 0 atom stereocenters. The molecule has 1 amide bonds. The smallest absolute Gasteiger partial charge is 0.414 e. The maximum Gasteiger partial charge on any atom is 0.414 e. The normalized spacial score (nSPS) is 16.8. The lowest BCUT2D eigenvalue weighted by Crippen LogP contribution is -2.24. The Morgan fingerprint density at radius 2 is 2.53 bits per heavy atom. The number of thiazole rings is 1. The Morgan fingerprint density at radius 1 is 1.59 bits per heavy atom. The molecule has 0 bridgehead atoms. The van der Waals surface area contributed by atoms with E-state index in [-0.39, 0.29) is 12.7 Å². The highest BCUT2D eigenvalue weighted by molar-refractivity contribution is 7.09. The van der Waals surface area contributed by atoms with Crippen molar-refractivity contribution in [2.45, 2.75) is 6.61 Å². The third-order valence-corrected chi connectivity index (χ3v) is 3.37. The van der Waals surface area contributed by atoms with Crippen LogP contribution in [-0.2, 0) is 11.3 Å². The van der Waals surface area contributed by atoms with Crippen molar-refractivity contribution < 1.29 is 9.53 Å². The Labute approximate surface area is 103 Å². The van der Waals surface area contributed by atoms with Gasteiger partial charge in [-0.2, -0.15) is 0 Å². The third-order valence-electron chi connectivity index (χ3n) is 2.62. The van der Waals surface area contributed by atoms with Crippen molar-refractivity contribution in [3.63, 3.8) is 0 Å². The molecule has 0 N–H and O–H groups in total. The molecule has 17 heavy (non-hydrogen) atoms. The van der Waals surface area contributed by atoms with Crippen LogP contribution < -0.4 is 0 Å². The van der Waals surface area contributed by atoms with E-state index in [1.165, 1.54) is 11.3 Å². The lowest BCUT2D eigenvalue weighted by Gasteiger charge is -2.12. The van der Waals surface area contributed by atoms with Crippen LogP contribution in [0.3, 0.4) is 0 Å². The van der Waals surface area contributed by atoms with Gasteiger partial charge in [-0.25, -0.2) is 9.78 Å². The van der Waals surface area contributed by atoms with Gasteiger partial charge >= 0.3 is 6.09 Å². The number of carbonyl (C=O) groups excluding carboxylic acids is 1. The number of allylic oxidation sites excluding steroid dienone is 3. The number of rotatable bonds is 2. The molecule has 0 saturated carbocycles. The number of hydrogen-bond acceptors (Lipinski definition) is 4. The lowest BCUT2D eigenvalue weighted by molar-refractivity contribution is 0.114. The van der Waals surface area contributed by atoms with E-state index < -0.39 is 0 Å². The molecule has 0 unspecified atom stereocenters. The van der Waals surface area contributed by atoms with Crippen molar-refractivity contribution in [3.8, 4) is 0 Å². The van der Waals surface area contributed by atoms with Crippen LogP contribution >= 0.6 is 11.3 Å². The minimum atomic E-state index is -0.323. The maximum atomic E-state index is 11.8. The SMILES string of the molecule is O=C(OCc1nccs1)N1C=C2C=CC=C2C1. The van der Waals surface area contributed by atoms with Gasteiger partial charge in [0.2, 0.25) is 0 Å². The zero-order valence-electron chi connectivity index (χ0n) is 9.00. The summed E-state index contributed by atoms with van der Waals surface area (Å²) in [6.07, 6.45) is 9.19. The van der Waals surface area contributed by atoms with Crippen LogP contribution in [0.25, 0.3) is 0 Å². The molecule has 0 radical (unpaired) electrons. The number of aromatic nitrogens is 1. The molecular formula is C12H10N2O2S. The Hall–Kier alpha value is -1.88. The van der Waals surface area contributed by atoms with Crippen LogP contribution in [-0.4, -0.2) is 22.5 Å². The van der Waals surface area contributed by atoms with Crippen molar-refractivity contribution in [2.75, 3.05) is 6.54 Å². The Balaban J connectivity index is 1.59. The highest BCUT2D eigenvalue weighted by atomic mass is 32.1. The summed E-state index contributed by atoms with van der Waals surface area (Å²) < 4.78 is 5.17. The fraction of sp³-hybridized carbons (Fsp3) is 0.167. The second-order valence-electron chi connectivity index (χ2n) is 3.74. The summed E-state index contributed by atoms with van der Waals surface area (Å²) in [6.45, 7) is 0.837. The molecule has 1 aromatic rings. The molecule has 1 aromatic heterocycles. The van der Waals surface area contributed by atoms with Crippen LogP contribution in [0.1, 0.15) is 5.01 Å². The molecule has 0 aromatic carbocycles. The molecule has 3 rings (SSSR count). The molecule has 0 saturated heterocycles. The quantitative estimate of drug-likeness (QED) is 0.805. The van der Waals surface area contributed by atoms with Crippen molar-refractivity contribution in [1.82, 2.24) is 9.88 Å². The largest absolute Gasteiger partial charge is 0.442 e. The van der Waals surface area contributed by atoms with E-state index in [0.717, 1.165) is 16.2 Å². The van der Waals surface area contributed by atoms with Gasteiger partial charge < -0.3 is 4.74 Å². The molecule has 5 heteroatoms. The van der Waals surface area contributed by atoms with Crippen molar-refractivity contribution in [2.24, 2.45) is 0 Å². The first-order valence-corrected chi connectivity index (χ1v) is 6.12. The first-order chi connectivity index (χ1) is 8.33. The predicted octanol–water partition coefficient (Wildman–Crippen LogP) is 2.48. The van der Waals surface area contributed by atoms with Gasteiger partial charge in [-0.05, 0) is 11.1 Å². The second-order valence-corrected chi connectivity index (χ2v) is 4.72. The summed E-state index contributed by atoms with van der Waals surface area (Å²) in [5, 5.41) is 2.67. The molecule has 0 fully saturated rings. The van der Waals surface area contributed by atoms with E-state index in [0.29, 0.717) is 6.54 Å². The fourth-order valence-electron chi connectivity index (χ4n) is 1.79. The maximum absolute atomic E-state index is 11.8. The summed E-state index contributed by atoms with van der Waals surface area (Å²) in [5.74, 6) is 0. The average Bonchev–Trinajstić information content (AvgIpc) is 3.01. The molecule has 2 heterocycles. The molecule has 4 nitrogen and oxygen atoms in total. The first-order valence-electron chi connectivity index (χ1n) is 5.24. The highest BCUT2D eigenvalue weighted by Gasteiger charge is 2.24. The van der Waals surface area contributed by atoms with Crippen molar-refractivity contribution in [3.05, 3.63) is 52.2 Å². The van der Waals surface area contributed by atoms with Gasteiger partial charge in [-0.1, -0.05) is 18.2 Å².